The summed E-state index contributed by atoms with van der Waals surface area (Å²) >= 11 is 0. The number of benzene rings is 1. The van der Waals surface area contributed by atoms with E-state index in [1.54, 1.807) is 0 Å². The summed E-state index contributed by atoms with van der Waals surface area (Å²) in [5.41, 5.74) is 8.09. The van der Waals surface area contributed by atoms with Gasteiger partial charge in [0, 0.05) is 31.6 Å². The van der Waals surface area contributed by atoms with Crippen LogP contribution in [0.5, 0.6) is 0 Å². The molecule has 17 heavy (non-hydrogen) atoms. The fourth-order valence-corrected chi connectivity index (χ4v) is 2.22. The highest BCUT2D eigenvalue weighted by atomic mass is 15.3. The van der Waals surface area contributed by atoms with E-state index in [2.05, 4.69) is 35.2 Å². The minimum atomic E-state index is 0.190. The average Bonchev–Trinajstić information content (AvgIpc) is 2.55. The number of para-hydroxylation sites is 1. The van der Waals surface area contributed by atoms with Gasteiger partial charge in [-0.15, -0.1) is 0 Å². The Morgan fingerprint density at radius 1 is 1.41 bits per heavy atom. The van der Waals surface area contributed by atoms with Crippen LogP contribution in [0.2, 0.25) is 0 Å². The van der Waals surface area contributed by atoms with Crippen molar-refractivity contribution in [1.29, 1.82) is 0 Å². The number of likely N-dealkylation sites (N-methyl/N-ethyl adjacent to an activating group) is 1. The molecule has 0 aliphatic rings. The maximum absolute atomic E-state index is 5.80. The third-order valence-electron chi connectivity index (χ3n) is 2.85. The maximum Gasteiger partial charge on any atom is 0.0843 e. The number of nitrogens with two attached hydrogens (primary N) is 1. The third-order valence-corrected chi connectivity index (χ3v) is 2.85. The highest BCUT2D eigenvalue weighted by molar-refractivity contribution is 5.81. The van der Waals surface area contributed by atoms with E-state index in [-0.39, 0.29) is 6.04 Å². The van der Waals surface area contributed by atoms with E-state index in [4.69, 9.17) is 5.73 Å². The molecule has 1 heterocycles. The molecule has 1 aromatic heterocycles. The summed E-state index contributed by atoms with van der Waals surface area (Å²) in [6.45, 7) is 3.74. The molecule has 0 saturated heterocycles. The normalized spacial score (nSPS) is 13.5. The lowest BCUT2D eigenvalue weighted by Gasteiger charge is -2.17. The minimum Gasteiger partial charge on any atom is -0.327 e. The van der Waals surface area contributed by atoms with E-state index >= 15 is 0 Å². The Bertz CT molecular complexity index is 501. The van der Waals surface area contributed by atoms with E-state index in [0.29, 0.717) is 0 Å². The topological polar surface area (TPSA) is 47.1 Å². The van der Waals surface area contributed by atoms with Gasteiger partial charge in [-0.05, 0) is 20.0 Å². The van der Waals surface area contributed by atoms with Crippen molar-refractivity contribution in [2.45, 2.75) is 19.5 Å². The Morgan fingerprint density at radius 2 is 2.12 bits per heavy atom. The summed E-state index contributed by atoms with van der Waals surface area (Å²) in [6, 6.07) is 8.50. The quantitative estimate of drug-likeness (QED) is 0.865. The van der Waals surface area contributed by atoms with Crippen LogP contribution >= 0.6 is 0 Å². The molecule has 0 bridgehead atoms. The number of fused-ring (bicyclic) bond motifs is 1. The first kappa shape index (κ1) is 12.1. The van der Waals surface area contributed by atoms with Gasteiger partial charge in [-0.25, -0.2) is 0 Å². The predicted octanol–water partition coefficient (Wildman–Crippen LogP) is 1.35. The van der Waals surface area contributed by atoms with E-state index in [0.717, 1.165) is 18.8 Å². The molecule has 0 amide bonds. The largest absolute Gasteiger partial charge is 0.327 e. The van der Waals surface area contributed by atoms with Crippen LogP contribution in [0.4, 0.5) is 0 Å². The third kappa shape index (κ3) is 2.65. The van der Waals surface area contributed by atoms with Crippen LogP contribution in [0.25, 0.3) is 10.9 Å². The fourth-order valence-electron chi connectivity index (χ4n) is 2.22. The van der Waals surface area contributed by atoms with Gasteiger partial charge in [0.15, 0.2) is 0 Å². The van der Waals surface area contributed by atoms with Crippen molar-refractivity contribution in [3.63, 3.8) is 0 Å². The summed E-state index contributed by atoms with van der Waals surface area (Å²) in [7, 11) is 4.06. The van der Waals surface area contributed by atoms with E-state index in [1.807, 2.05) is 24.7 Å². The van der Waals surface area contributed by atoms with E-state index in [1.165, 1.54) is 10.9 Å². The van der Waals surface area contributed by atoms with E-state index in [9.17, 15) is 0 Å². The molecule has 0 aliphatic heterocycles. The second-order valence-corrected chi connectivity index (χ2v) is 4.76. The standard InChI is InChI=1S/C13H20N4/c1-10(14)8-16(2)9-12-11-6-4-5-7-13(11)17(3)15-12/h4-7,10H,8-9,14H2,1-3H3. The SMILES string of the molecule is CC(N)CN(C)Cc1nn(C)c2ccccc12. The number of aryl methyl sites for hydroxylation is 1. The Morgan fingerprint density at radius 3 is 2.82 bits per heavy atom. The molecule has 1 atom stereocenters. The summed E-state index contributed by atoms with van der Waals surface area (Å²) in [6.07, 6.45) is 0. The van der Waals surface area contributed by atoms with Crippen LogP contribution in [0.15, 0.2) is 24.3 Å². The van der Waals surface area contributed by atoms with Crippen molar-refractivity contribution >= 4 is 10.9 Å². The van der Waals surface area contributed by atoms with Crippen LogP contribution in [-0.4, -0.2) is 34.3 Å². The molecule has 0 fully saturated rings. The molecule has 2 aromatic rings. The predicted molar refractivity (Wildman–Crippen MR) is 70.7 cm³/mol. The Hall–Kier alpha value is -1.39. The van der Waals surface area contributed by atoms with Crippen molar-refractivity contribution in [2.24, 2.45) is 12.8 Å². The van der Waals surface area contributed by atoms with Crippen molar-refractivity contribution in [1.82, 2.24) is 14.7 Å². The second kappa shape index (κ2) is 4.85. The van der Waals surface area contributed by atoms with Gasteiger partial charge in [0.2, 0.25) is 0 Å². The van der Waals surface area contributed by atoms with Crippen molar-refractivity contribution < 1.29 is 0 Å². The first-order valence-corrected chi connectivity index (χ1v) is 5.92. The molecule has 1 unspecified atom stereocenters. The molecule has 0 spiro atoms. The van der Waals surface area contributed by atoms with Crippen LogP contribution < -0.4 is 5.73 Å². The first-order valence-electron chi connectivity index (χ1n) is 5.92. The zero-order chi connectivity index (χ0) is 12.4. The molecule has 0 saturated carbocycles. The number of rotatable bonds is 4. The molecule has 4 heteroatoms. The monoisotopic (exact) mass is 232 g/mol. The zero-order valence-electron chi connectivity index (χ0n) is 10.7. The van der Waals surface area contributed by atoms with Crippen LogP contribution in [0.1, 0.15) is 12.6 Å². The van der Waals surface area contributed by atoms with Gasteiger partial charge in [0.25, 0.3) is 0 Å². The molecule has 92 valence electrons. The highest BCUT2D eigenvalue weighted by Crippen LogP contribution is 2.18. The number of nitrogens with zero attached hydrogens (tertiary/aromatic N) is 3. The molecule has 0 aliphatic carbocycles. The highest BCUT2D eigenvalue weighted by Gasteiger charge is 2.10. The van der Waals surface area contributed by atoms with E-state index < -0.39 is 0 Å². The average molecular weight is 232 g/mol. The van der Waals surface area contributed by atoms with Gasteiger partial charge in [0.05, 0.1) is 11.2 Å². The summed E-state index contributed by atoms with van der Waals surface area (Å²) < 4.78 is 1.93. The lowest BCUT2D eigenvalue weighted by molar-refractivity contribution is 0.306. The number of aromatic nitrogens is 2. The lowest BCUT2D eigenvalue weighted by atomic mass is 10.2. The molecular weight excluding hydrogens is 212 g/mol. The molecule has 2 N–H and O–H groups in total. The molecule has 2 rings (SSSR count). The van der Waals surface area contributed by atoms with Crippen molar-refractivity contribution in [3.05, 3.63) is 30.0 Å². The Kier molecular flexibility index (Phi) is 3.45. The van der Waals surface area contributed by atoms with Gasteiger partial charge in [-0.3, -0.25) is 9.58 Å². The van der Waals surface area contributed by atoms with Crippen LogP contribution in [0, 0.1) is 0 Å². The Balaban J connectivity index is 2.24. The molecule has 0 radical (unpaired) electrons. The van der Waals surface area contributed by atoms with Crippen LogP contribution in [0.3, 0.4) is 0 Å². The Labute approximate surface area is 102 Å². The minimum absolute atomic E-state index is 0.190. The van der Waals surface area contributed by atoms with Gasteiger partial charge in [0.1, 0.15) is 0 Å². The number of hydrogen-bond donors (Lipinski definition) is 1. The fraction of sp³-hybridized carbons (Fsp3) is 0.462. The van der Waals surface area contributed by atoms with Crippen molar-refractivity contribution in [2.75, 3.05) is 13.6 Å². The van der Waals surface area contributed by atoms with Gasteiger partial charge >= 0.3 is 0 Å². The first-order chi connectivity index (χ1) is 8.08. The second-order valence-electron chi connectivity index (χ2n) is 4.76. The van der Waals surface area contributed by atoms with Gasteiger partial charge in [-0.2, -0.15) is 5.10 Å². The maximum atomic E-state index is 5.80. The lowest BCUT2D eigenvalue weighted by Crippen LogP contribution is -2.32. The molecular formula is C13H20N4. The summed E-state index contributed by atoms with van der Waals surface area (Å²) in [5.74, 6) is 0. The molecule has 4 nitrogen and oxygen atoms in total. The van der Waals surface area contributed by atoms with Crippen molar-refractivity contribution in [3.8, 4) is 0 Å². The van der Waals surface area contributed by atoms with Gasteiger partial charge < -0.3 is 5.73 Å². The smallest absolute Gasteiger partial charge is 0.0843 e. The zero-order valence-corrected chi connectivity index (χ0v) is 10.7. The van der Waals surface area contributed by atoms with Crippen LogP contribution in [-0.2, 0) is 13.6 Å². The van der Waals surface area contributed by atoms with Gasteiger partial charge in [-0.1, -0.05) is 18.2 Å². The number of hydrogen-bond acceptors (Lipinski definition) is 3. The summed E-state index contributed by atoms with van der Waals surface area (Å²) in [5, 5.41) is 5.80. The molecule has 1 aromatic carbocycles. The summed E-state index contributed by atoms with van der Waals surface area (Å²) in [4.78, 5) is 2.21.